The van der Waals surface area contributed by atoms with Crippen molar-refractivity contribution in [3.8, 4) is 33.5 Å². The van der Waals surface area contributed by atoms with Gasteiger partial charge in [-0.25, -0.2) is 4.98 Å². The van der Waals surface area contributed by atoms with E-state index in [0.29, 0.717) is 0 Å². The first kappa shape index (κ1) is 30.3. The SMILES string of the molecule is c1cc(-c2ccc3oc4ccc5c(-c6ccc7ccc8cccc9ccc6c7c89)nc6ccccc6c5c4c3c2)cc(-c2cccc3c2sc2ccccc23)c1. The van der Waals surface area contributed by atoms with Crippen molar-refractivity contribution in [1.82, 2.24) is 4.98 Å². The van der Waals surface area contributed by atoms with Crippen LogP contribution < -0.4 is 0 Å². The molecule has 10 aromatic carbocycles. The fourth-order valence-corrected chi connectivity index (χ4v) is 10.7. The Morgan fingerprint density at radius 3 is 2.00 bits per heavy atom. The number of nitrogens with zero attached hydrogens (tertiary/aromatic N) is 1. The summed E-state index contributed by atoms with van der Waals surface area (Å²) in [5.41, 5.74) is 9.70. The number of thiophene rings is 1. The van der Waals surface area contributed by atoms with Crippen LogP contribution in [-0.4, -0.2) is 4.98 Å². The lowest BCUT2D eigenvalue weighted by molar-refractivity contribution is 0.669. The van der Waals surface area contributed by atoms with Gasteiger partial charge in [0.05, 0.1) is 11.2 Å². The lowest BCUT2D eigenvalue weighted by atomic mass is 9.89. The highest BCUT2D eigenvalue weighted by atomic mass is 32.1. The van der Waals surface area contributed by atoms with Gasteiger partial charge in [0.25, 0.3) is 0 Å². The minimum absolute atomic E-state index is 0.882. The molecule has 0 atom stereocenters. The molecule has 0 fully saturated rings. The molecule has 3 heterocycles. The summed E-state index contributed by atoms with van der Waals surface area (Å²) in [6, 6.07) is 64.1. The smallest absolute Gasteiger partial charge is 0.136 e. The number of hydrogen-bond acceptors (Lipinski definition) is 3. The molecule has 0 bridgehead atoms. The Kier molecular flexibility index (Phi) is 6.07. The molecule has 0 aliphatic rings. The zero-order valence-corrected chi connectivity index (χ0v) is 30.8. The van der Waals surface area contributed by atoms with Gasteiger partial charge in [-0.15, -0.1) is 11.3 Å². The molecule has 0 N–H and O–H groups in total. The first-order valence-electron chi connectivity index (χ1n) is 19.1. The second kappa shape index (κ2) is 11.2. The molecule has 13 aromatic rings. The summed E-state index contributed by atoms with van der Waals surface area (Å²) in [4.78, 5) is 5.44. The molecule has 0 aliphatic carbocycles. The van der Waals surface area contributed by atoms with Crippen LogP contribution in [0.3, 0.4) is 0 Å². The van der Waals surface area contributed by atoms with Crippen LogP contribution in [0.5, 0.6) is 0 Å². The fraction of sp³-hybridized carbons (Fsp3) is 0. The third kappa shape index (κ3) is 4.18. The van der Waals surface area contributed by atoms with E-state index in [-0.39, 0.29) is 0 Å². The average Bonchev–Trinajstić information content (AvgIpc) is 3.83. The van der Waals surface area contributed by atoms with Gasteiger partial charge in [-0.3, -0.25) is 0 Å². The van der Waals surface area contributed by atoms with Gasteiger partial charge in [-0.1, -0.05) is 133 Å². The molecular formula is C53H29NOS. The summed E-state index contributed by atoms with van der Waals surface area (Å²) in [7, 11) is 0. The van der Waals surface area contributed by atoms with Crippen molar-refractivity contribution in [2.75, 3.05) is 0 Å². The Balaban J connectivity index is 1.05. The quantitative estimate of drug-likeness (QED) is 0.169. The fourth-order valence-electron chi connectivity index (χ4n) is 9.48. The minimum Gasteiger partial charge on any atom is -0.456 e. The largest absolute Gasteiger partial charge is 0.456 e. The molecule has 0 aliphatic heterocycles. The predicted molar refractivity (Wildman–Crippen MR) is 239 cm³/mol. The number of pyridine rings is 1. The second-order valence-electron chi connectivity index (χ2n) is 15.0. The second-order valence-corrected chi connectivity index (χ2v) is 16.0. The number of rotatable bonds is 3. The minimum atomic E-state index is 0.882. The first-order chi connectivity index (χ1) is 27.7. The zero-order chi connectivity index (χ0) is 36.5. The topological polar surface area (TPSA) is 26.0 Å². The lowest BCUT2D eigenvalue weighted by Crippen LogP contribution is -1.92. The zero-order valence-electron chi connectivity index (χ0n) is 30.0. The van der Waals surface area contributed by atoms with Crippen molar-refractivity contribution in [1.29, 1.82) is 0 Å². The molecule has 13 rings (SSSR count). The lowest BCUT2D eigenvalue weighted by Gasteiger charge is -2.16. The van der Waals surface area contributed by atoms with E-state index in [1.165, 1.54) is 74.6 Å². The maximum Gasteiger partial charge on any atom is 0.136 e. The Morgan fingerprint density at radius 1 is 0.375 bits per heavy atom. The molecule has 0 spiro atoms. The van der Waals surface area contributed by atoms with Crippen LogP contribution in [0.15, 0.2) is 180 Å². The van der Waals surface area contributed by atoms with Gasteiger partial charge in [-0.2, -0.15) is 0 Å². The van der Waals surface area contributed by atoms with Crippen LogP contribution in [0.1, 0.15) is 0 Å². The van der Waals surface area contributed by atoms with Gasteiger partial charge in [0.2, 0.25) is 0 Å². The third-order valence-corrected chi connectivity index (χ3v) is 13.2. The number of para-hydroxylation sites is 1. The molecule has 0 saturated heterocycles. The summed E-state index contributed by atoms with van der Waals surface area (Å²) >= 11 is 1.88. The van der Waals surface area contributed by atoms with Gasteiger partial charge in [0, 0.05) is 52.7 Å². The van der Waals surface area contributed by atoms with E-state index in [2.05, 4.69) is 176 Å². The van der Waals surface area contributed by atoms with Crippen molar-refractivity contribution in [3.05, 3.63) is 176 Å². The van der Waals surface area contributed by atoms with Crippen LogP contribution in [0.2, 0.25) is 0 Å². The highest BCUT2D eigenvalue weighted by Gasteiger charge is 2.20. The molecule has 0 saturated carbocycles. The number of fused-ring (bicyclic) bond motifs is 10. The number of aromatic nitrogens is 1. The van der Waals surface area contributed by atoms with Gasteiger partial charge in [0.15, 0.2) is 0 Å². The van der Waals surface area contributed by atoms with Crippen LogP contribution in [0.4, 0.5) is 0 Å². The van der Waals surface area contributed by atoms with Crippen molar-refractivity contribution in [3.63, 3.8) is 0 Å². The highest BCUT2D eigenvalue weighted by molar-refractivity contribution is 7.26. The molecule has 2 nitrogen and oxygen atoms in total. The predicted octanol–water partition coefficient (Wildman–Crippen LogP) is 15.6. The summed E-state index contributed by atoms with van der Waals surface area (Å²) in [6.45, 7) is 0. The molecule has 0 amide bonds. The number of benzene rings is 10. The Morgan fingerprint density at radius 2 is 1.07 bits per heavy atom. The maximum atomic E-state index is 6.64. The molecular weight excluding hydrogens is 699 g/mol. The molecule has 3 aromatic heterocycles. The van der Waals surface area contributed by atoms with E-state index < -0.39 is 0 Å². The Labute approximate surface area is 324 Å². The van der Waals surface area contributed by atoms with Crippen LogP contribution in [-0.2, 0) is 0 Å². The van der Waals surface area contributed by atoms with E-state index >= 15 is 0 Å². The van der Waals surface area contributed by atoms with Crippen LogP contribution in [0, 0.1) is 0 Å². The molecule has 0 unspecified atom stereocenters. The maximum absolute atomic E-state index is 6.64. The van der Waals surface area contributed by atoms with Crippen LogP contribution in [0.25, 0.3) is 130 Å². The molecule has 3 heteroatoms. The first-order valence-corrected chi connectivity index (χ1v) is 19.9. The van der Waals surface area contributed by atoms with Gasteiger partial charge < -0.3 is 4.42 Å². The monoisotopic (exact) mass is 727 g/mol. The summed E-state index contributed by atoms with van der Waals surface area (Å²) in [6.07, 6.45) is 0. The van der Waals surface area contributed by atoms with Crippen molar-refractivity contribution in [2.45, 2.75) is 0 Å². The average molecular weight is 728 g/mol. The normalized spacial score (nSPS) is 12.3. The number of hydrogen-bond donors (Lipinski definition) is 0. The molecule has 0 radical (unpaired) electrons. The van der Waals surface area contributed by atoms with Crippen molar-refractivity contribution in [2.24, 2.45) is 0 Å². The summed E-state index contributed by atoms with van der Waals surface area (Å²) in [5.74, 6) is 0. The van der Waals surface area contributed by atoms with E-state index in [9.17, 15) is 0 Å². The van der Waals surface area contributed by atoms with Crippen molar-refractivity contribution >= 4 is 107 Å². The number of furan rings is 1. The van der Waals surface area contributed by atoms with Gasteiger partial charge >= 0.3 is 0 Å². The van der Waals surface area contributed by atoms with E-state index in [1.54, 1.807) is 0 Å². The van der Waals surface area contributed by atoms with Gasteiger partial charge in [0.1, 0.15) is 11.2 Å². The Bertz CT molecular complexity index is 3760. The summed E-state index contributed by atoms with van der Waals surface area (Å²) in [5, 5.41) is 15.9. The van der Waals surface area contributed by atoms with E-state index in [1.807, 2.05) is 11.3 Å². The standard InChI is InChI=1S/C53H29NOS/c1-3-16-44-41(13-1)50-42(52(54-44)39-24-21-32-19-18-30-8-5-9-31-20-23-38(39)49(32)48(30)31)25-27-46-51(50)43-29-34(22-26-45(43)55-46)33-10-6-11-35(28-33)36-14-7-15-40-37-12-2-4-17-47(37)56-53(36)40/h1-29H. The van der Waals surface area contributed by atoms with E-state index in [4.69, 9.17) is 9.40 Å². The Hall–Kier alpha value is -7.07. The van der Waals surface area contributed by atoms with Crippen molar-refractivity contribution < 1.29 is 4.42 Å². The highest BCUT2D eigenvalue weighted by Crippen LogP contribution is 2.46. The van der Waals surface area contributed by atoms with E-state index in [0.717, 1.165) is 55.0 Å². The third-order valence-electron chi connectivity index (χ3n) is 12.0. The molecule has 258 valence electrons. The molecule has 56 heavy (non-hydrogen) atoms. The summed E-state index contributed by atoms with van der Waals surface area (Å²) < 4.78 is 9.29. The van der Waals surface area contributed by atoms with Crippen LogP contribution >= 0.6 is 11.3 Å². The van der Waals surface area contributed by atoms with Gasteiger partial charge in [-0.05, 0) is 97.0 Å².